The normalized spacial score (nSPS) is 42.0. The van der Waals surface area contributed by atoms with E-state index in [1.54, 1.807) is 0 Å². The maximum atomic E-state index is 11.1. The highest BCUT2D eigenvalue weighted by molar-refractivity contribution is 5.88. The van der Waals surface area contributed by atoms with Gasteiger partial charge in [0, 0.05) is 0 Å². The Kier molecular flexibility index (Phi) is 2.14. The third kappa shape index (κ3) is 1.21. The largest absolute Gasteiger partial charge is 0.387 e. The molecule has 0 radical (unpaired) electrons. The highest BCUT2D eigenvalue weighted by atomic mass is 16.4. The van der Waals surface area contributed by atoms with Gasteiger partial charge < -0.3 is 15.5 Å². The lowest BCUT2D eigenvalue weighted by Gasteiger charge is -2.22. The Morgan fingerprint density at radius 3 is 2.25 bits per heavy atom. The fraction of sp³-hybridized carbons (Fsp3) is 0.875. The van der Waals surface area contributed by atoms with Gasteiger partial charge in [-0.25, -0.2) is 0 Å². The van der Waals surface area contributed by atoms with Crippen LogP contribution in [0.4, 0.5) is 0 Å². The summed E-state index contributed by atoms with van der Waals surface area (Å²) in [6.07, 6.45) is -1.01. The van der Waals surface area contributed by atoms with Crippen LogP contribution in [0.5, 0.6) is 0 Å². The summed E-state index contributed by atoms with van der Waals surface area (Å²) in [6.45, 7) is 5.10. The second-order valence-electron chi connectivity index (χ2n) is 3.84. The summed E-state index contributed by atoms with van der Waals surface area (Å²) in [5.74, 6) is -0.369. The lowest BCUT2D eigenvalue weighted by atomic mass is 9.92. The predicted octanol–water partition coefficient (Wildman–Crippen LogP) is -0.747. The first-order chi connectivity index (χ1) is 5.37. The van der Waals surface area contributed by atoms with Crippen molar-refractivity contribution >= 4 is 5.91 Å². The van der Waals surface area contributed by atoms with E-state index in [2.05, 4.69) is 5.32 Å². The average Bonchev–Trinajstić information content (AvgIpc) is 2.13. The molecule has 3 atom stereocenters. The number of rotatable bonds is 1. The Hall–Kier alpha value is -0.610. The number of nitrogens with one attached hydrogen (secondary N) is 1. The molecule has 1 aliphatic rings. The molecular weight excluding hydrogens is 158 g/mol. The molecule has 12 heavy (non-hydrogen) atoms. The maximum Gasteiger partial charge on any atom is 0.254 e. The number of carbonyl (C=O) groups is 1. The van der Waals surface area contributed by atoms with Crippen molar-refractivity contribution in [2.75, 3.05) is 0 Å². The Balaban J connectivity index is 2.83. The third-order valence-electron chi connectivity index (χ3n) is 2.39. The van der Waals surface area contributed by atoms with Gasteiger partial charge in [0.2, 0.25) is 0 Å². The molecule has 4 heteroatoms. The quantitative estimate of drug-likeness (QED) is 0.489. The number of carbonyl (C=O) groups excluding carboxylic acids is 1. The van der Waals surface area contributed by atoms with Gasteiger partial charge in [-0.15, -0.1) is 0 Å². The summed E-state index contributed by atoms with van der Waals surface area (Å²) in [7, 11) is 0. The zero-order valence-corrected chi connectivity index (χ0v) is 7.53. The molecule has 1 rings (SSSR count). The first-order valence-electron chi connectivity index (χ1n) is 4.08. The van der Waals surface area contributed by atoms with Gasteiger partial charge in [-0.2, -0.15) is 0 Å². The molecule has 1 fully saturated rings. The molecule has 0 aliphatic carbocycles. The van der Waals surface area contributed by atoms with E-state index in [0.29, 0.717) is 0 Å². The van der Waals surface area contributed by atoms with Crippen LogP contribution in [0.3, 0.4) is 0 Å². The van der Waals surface area contributed by atoms with Crippen molar-refractivity contribution in [1.29, 1.82) is 0 Å². The molecule has 1 saturated heterocycles. The zero-order chi connectivity index (χ0) is 9.52. The van der Waals surface area contributed by atoms with E-state index >= 15 is 0 Å². The second-order valence-corrected chi connectivity index (χ2v) is 3.84. The van der Waals surface area contributed by atoms with Crippen LogP contribution in [0.15, 0.2) is 0 Å². The van der Waals surface area contributed by atoms with E-state index in [1.807, 2.05) is 13.8 Å². The Morgan fingerprint density at radius 2 is 2.08 bits per heavy atom. The van der Waals surface area contributed by atoms with Gasteiger partial charge in [0.25, 0.3) is 5.91 Å². The minimum absolute atomic E-state index is 0.123. The Labute approximate surface area is 71.6 Å². The monoisotopic (exact) mass is 173 g/mol. The Bertz CT molecular complexity index is 200. The van der Waals surface area contributed by atoms with Crippen LogP contribution < -0.4 is 5.32 Å². The first kappa shape index (κ1) is 9.48. The van der Waals surface area contributed by atoms with E-state index in [1.165, 1.54) is 6.92 Å². The van der Waals surface area contributed by atoms with Crippen LogP contribution in [0.25, 0.3) is 0 Å². The number of amides is 1. The lowest BCUT2D eigenvalue weighted by Crippen LogP contribution is -2.44. The topological polar surface area (TPSA) is 69.6 Å². The molecule has 0 spiro atoms. The molecule has 0 aromatic carbocycles. The van der Waals surface area contributed by atoms with Crippen molar-refractivity contribution in [2.45, 2.75) is 38.5 Å². The van der Waals surface area contributed by atoms with E-state index < -0.39 is 17.6 Å². The smallest absolute Gasteiger partial charge is 0.254 e. The van der Waals surface area contributed by atoms with Crippen molar-refractivity contribution in [2.24, 2.45) is 5.92 Å². The zero-order valence-electron chi connectivity index (χ0n) is 7.53. The minimum atomic E-state index is -1.63. The molecule has 0 saturated carbocycles. The molecule has 70 valence electrons. The van der Waals surface area contributed by atoms with Gasteiger partial charge in [-0.05, 0) is 12.8 Å². The standard InChI is InChI=1S/C8H15NO3/c1-4(2)5-6(10)8(3,12)7(11)9-5/h4-6,10,12H,1-3H3,(H,9,11). The number of aliphatic hydroxyl groups excluding tert-OH is 1. The molecule has 0 aromatic heterocycles. The summed E-state index contributed by atoms with van der Waals surface area (Å²) >= 11 is 0. The van der Waals surface area contributed by atoms with Crippen molar-refractivity contribution in [3.8, 4) is 0 Å². The molecule has 4 nitrogen and oxygen atoms in total. The molecule has 1 aliphatic heterocycles. The van der Waals surface area contributed by atoms with Crippen LogP contribution in [-0.2, 0) is 4.79 Å². The van der Waals surface area contributed by atoms with Gasteiger partial charge in [-0.3, -0.25) is 4.79 Å². The molecular formula is C8H15NO3. The van der Waals surface area contributed by atoms with Crippen LogP contribution in [0, 0.1) is 5.92 Å². The minimum Gasteiger partial charge on any atom is -0.387 e. The first-order valence-corrected chi connectivity index (χ1v) is 4.08. The van der Waals surface area contributed by atoms with Gasteiger partial charge >= 0.3 is 0 Å². The van der Waals surface area contributed by atoms with E-state index in [-0.39, 0.29) is 12.0 Å². The van der Waals surface area contributed by atoms with E-state index in [4.69, 9.17) is 0 Å². The highest BCUT2D eigenvalue weighted by Crippen LogP contribution is 2.24. The summed E-state index contributed by atoms with van der Waals surface area (Å²) < 4.78 is 0. The summed E-state index contributed by atoms with van der Waals surface area (Å²) in [6, 6.07) is -0.340. The van der Waals surface area contributed by atoms with Crippen LogP contribution in [0.1, 0.15) is 20.8 Å². The highest BCUT2D eigenvalue weighted by Gasteiger charge is 2.50. The third-order valence-corrected chi connectivity index (χ3v) is 2.39. The number of hydrogen-bond acceptors (Lipinski definition) is 3. The molecule has 3 N–H and O–H groups in total. The van der Waals surface area contributed by atoms with Crippen molar-refractivity contribution in [3.63, 3.8) is 0 Å². The second kappa shape index (κ2) is 2.71. The summed E-state index contributed by atoms with van der Waals surface area (Å²) in [4.78, 5) is 11.1. The van der Waals surface area contributed by atoms with Gasteiger partial charge in [0.1, 0.15) is 6.10 Å². The van der Waals surface area contributed by atoms with Crippen molar-refractivity contribution in [1.82, 2.24) is 5.32 Å². The average molecular weight is 173 g/mol. The molecule has 0 aromatic rings. The maximum absolute atomic E-state index is 11.1. The fourth-order valence-electron chi connectivity index (χ4n) is 1.39. The van der Waals surface area contributed by atoms with Crippen molar-refractivity contribution < 1.29 is 15.0 Å². The Morgan fingerprint density at radius 1 is 1.58 bits per heavy atom. The predicted molar refractivity (Wildman–Crippen MR) is 43.4 cm³/mol. The van der Waals surface area contributed by atoms with Gasteiger partial charge in [0.15, 0.2) is 5.60 Å². The summed E-state index contributed by atoms with van der Waals surface area (Å²) in [5.41, 5.74) is -1.63. The van der Waals surface area contributed by atoms with Crippen LogP contribution in [-0.4, -0.2) is 33.9 Å². The lowest BCUT2D eigenvalue weighted by molar-refractivity contribution is -0.139. The molecule has 1 heterocycles. The molecule has 1 amide bonds. The molecule has 3 unspecified atom stereocenters. The van der Waals surface area contributed by atoms with Crippen LogP contribution >= 0.6 is 0 Å². The van der Waals surface area contributed by atoms with Gasteiger partial charge in [-0.1, -0.05) is 13.8 Å². The summed E-state index contributed by atoms with van der Waals surface area (Å²) in [5, 5.41) is 21.6. The number of aliphatic hydroxyl groups is 2. The van der Waals surface area contributed by atoms with Gasteiger partial charge in [0.05, 0.1) is 6.04 Å². The van der Waals surface area contributed by atoms with E-state index in [9.17, 15) is 15.0 Å². The number of hydrogen-bond donors (Lipinski definition) is 3. The van der Waals surface area contributed by atoms with Crippen molar-refractivity contribution in [3.05, 3.63) is 0 Å². The molecule has 0 bridgehead atoms. The van der Waals surface area contributed by atoms with Crippen LogP contribution in [0.2, 0.25) is 0 Å². The SMILES string of the molecule is CC(C)C1NC(=O)C(C)(O)C1O. The fourth-order valence-corrected chi connectivity index (χ4v) is 1.39. The van der Waals surface area contributed by atoms with E-state index in [0.717, 1.165) is 0 Å².